The molecule has 2 aromatic rings. The van der Waals surface area contributed by atoms with Crippen LogP contribution in [0.1, 0.15) is 103 Å². The van der Waals surface area contributed by atoms with Crippen molar-refractivity contribution in [2.45, 2.75) is 77.3 Å². The Kier molecular flexibility index (Phi) is 11.1. The Labute approximate surface area is 233 Å². The van der Waals surface area contributed by atoms with E-state index >= 15 is 0 Å². The molecular weight excluding hydrogens is 488 g/mol. The molecule has 0 aliphatic carbocycles. The third-order valence-corrected chi connectivity index (χ3v) is 7.75. The molecule has 2 aromatic carbocycles. The van der Waals surface area contributed by atoms with Gasteiger partial charge in [0.15, 0.2) is 5.78 Å². The lowest BCUT2D eigenvalue weighted by Crippen LogP contribution is -2.43. The Morgan fingerprint density at radius 3 is 2.44 bits per heavy atom. The third kappa shape index (κ3) is 8.48. The fourth-order valence-electron chi connectivity index (χ4n) is 5.34. The number of rotatable bonds is 13. The summed E-state index contributed by atoms with van der Waals surface area (Å²) in [6, 6.07) is 13.3. The maximum absolute atomic E-state index is 13.2. The molecule has 0 bridgehead atoms. The monoisotopic (exact) mass is 532 g/mol. The van der Waals surface area contributed by atoms with Gasteiger partial charge in [-0.3, -0.25) is 19.5 Å². The van der Waals surface area contributed by atoms with Crippen LogP contribution in [0.4, 0.5) is 0 Å². The number of nitrogens with zero attached hydrogens (tertiary/aromatic N) is 3. The first-order valence-electron chi connectivity index (χ1n) is 14.8. The highest BCUT2D eigenvalue weighted by atomic mass is 16.5. The van der Waals surface area contributed by atoms with Gasteiger partial charge in [0.2, 0.25) is 0 Å². The molecule has 0 radical (unpaired) electrons. The molecular formula is C32H44N4O3. The molecule has 0 spiro atoms. The van der Waals surface area contributed by atoms with E-state index in [1.807, 2.05) is 53.6 Å². The van der Waals surface area contributed by atoms with Crippen molar-refractivity contribution >= 4 is 18.0 Å². The lowest BCUT2D eigenvalue weighted by Gasteiger charge is -2.34. The van der Waals surface area contributed by atoms with Crippen LogP contribution in [0.25, 0.3) is 0 Å². The lowest BCUT2D eigenvalue weighted by atomic mass is 9.92. The Hall–Kier alpha value is -3.03. The highest BCUT2D eigenvalue weighted by Gasteiger charge is 2.27. The number of ketones is 1. The van der Waals surface area contributed by atoms with Gasteiger partial charge < -0.3 is 10.5 Å². The van der Waals surface area contributed by atoms with E-state index in [-0.39, 0.29) is 18.3 Å². The van der Waals surface area contributed by atoms with Gasteiger partial charge in [0.25, 0.3) is 0 Å². The van der Waals surface area contributed by atoms with Gasteiger partial charge >= 0.3 is 5.97 Å². The summed E-state index contributed by atoms with van der Waals surface area (Å²) in [7, 11) is 0. The van der Waals surface area contributed by atoms with E-state index in [0.29, 0.717) is 24.3 Å². The van der Waals surface area contributed by atoms with Crippen molar-refractivity contribution in [3.63, 3.8) is 0 Å². The molecule has 2 aliphatic heterocycles. The summed E-state index contributed by atoms with van der Waals surface area (Å²) in [5, 5.41) is 6.69. The first-order chi connectivity index (χ1) is 19.0. The van der Waals surface area contributed by atoms with Crippen molar-refractivity contribution in [2.24, 2.45) is 10.8 Å². The van der Waals surface area contributed by atoms with E-state index in [9.17, 15) is 9.59 Å². The van der Waals surface area contributed by atoms with Crippen LogP contribution in [0.5, 0.6) is 0 Å². The largest absolute Gasteiger partial charge is 0.465 e. The molecule has 2 heterocycles. The van der Waals surface area contributed by atoms with Crippen LogP contribution < -0.4 is 5.73 Å². The third-order valence-electron chi connectivity index (χ3n) is 7.75. The van der Waals surface area contributed by atoms with Crippen molar-refractivity contribution in [2.75, 3.05) is 32.8 Å². The maximum atomic E-state index is 13.2. The van der Waals surface area contributed by atoms with Crippen molar-refractivity contribution in [1.82, 2.24) is 9.91 Å². The summed E-state index contributed by atoms with van der Waals surface area (Å²) in [6.07, 6.45) is 12.8. The molecule has 2 N–H and O–H groups in total. The van der Waals surface area contributed by atoms with E-state index in [0.717, 1.165) is 49.0 Å². The number of unbranched alkanes of at least 4 members (excludes halogenated alkanes) is 5. The Bertz CT molecular complexity index is 1110. The smallest absolute Gasteiger partial charge is 0.320 e. The molecule has 1 atom stereocenters. The highest BCUT2D eigenvalue weighted by Crippen LogP contribution is 2.27. The van der Waals surface area contributed by atoms with Crippen LogP contribution in [-0.2, 0) is 16.0 Å². The number of esters is 1. The van der Waals surface area contributed by atoms with Gasteiger partial charge in [-0.2, -0.15) is 5.10 Å². The van der Waals surface area contributed by atoms with Crippen LogP contribution in [0, 0.1) is 0 Å². The number of piperidine rings is 1. The number of benzene rings is 2. The number of fused-ring (bicyclic) bond motifs is 1. The average molecular weight is 533 g/mol. The highest BCUT2D eigenvalue weighted by molar-refractivity contribution is 6.09. The number of hydrogen-bond donors (Lipinski definition) is 1. The van der Waals surface area contributed by atoms with Crippen molar-refractivity contribution in [1.29, 1.82) is 0 Å². The topological polar surface area (TPSA) is 88.2 Å². The molecule has 39 heavy (non-hydrogen) atoms. The fourth-order valence-corrected chi connectivity index (χ4v) is 5.34. The first-order valence-corrected chi connectivity index (χ1v) is 14.8. The molecule has 1 fully saturated rings. The van der Waals surface area contributed by atoms with E-state index in [4.69, 9.17) is 10.5 Å². The predicted molar refractivity (Wildman–Crippen MR) is 156 cm³/mol. The number of hydrazone groups is 1. The van der Waals surface area contributed by atoms with Crippen LogP contribution in [0.15, 0.2) is 47.6 Å². The first kappa shape index (κ1) is 29.0. The van der Waals surface area contributed by atoms with Gasteiger partial charge in [0, 0.05) is 30.8 Å². The summed E-state index contributed by atoms with van der Waals surface area (Å²) in [5.41, 5.74) is 10.8. The van der Waals surface area contributed by atoms with Crippen LogP contribution in [-0.4, -0.2) is 60.7 Å². The number of carbonyl (C=O) groups is 2. The second-order valence-corrected chi connectivity index (χ2v) is 10.8. The van der Waals surface area contributed by atoms with E-state index < -0.39 is 6.17 Å². The van der Waals surface area contributed by atoms with Gasteiger partial charge in [-0.1, -0.05) is 75.4 Å². The Morgan fingerprint density at radius 1 is 0.949 bits per heavy atom. The molecule has 7 nitrogen and oxygen atoms in total. The lowest BCUT2D eigenvalue weighted by molar-refractivity contribution is -0.145. The summed E-state index contributed by atoms with van der Waals surface area (Å²) in [6.45, 7) is 5.54. The van der Waals surface area contributed by atoms with Crippen LogP contribution in [0.2, 0.25) is 0 Å². The summed E-state index contributed by atoms with van der Waals surface area (Å²) < 4.78 is 5.45. The van der Waals surface area contributed by atoms with E-state index in [1.54, 1.807) is 0 Å². The zero-order valence-corrected chi connectivity index (χ0v) is 23.4. The number of hydrogen-bond acceptors (Lipinski definition) is 7. The SMILES string of the molecule is CCCCCCCCOC(=O)CN1CCc2cc(C(=O)c3ccc(C=NN4CCCCC4)cc3)ccc2C1N. The summed E-state index contributed by atoms with van der Waals surface area (Å²) in [5.74, 6) is -0.231. The molecule has 0 aromatic heterocycles. The minimum atomic E-state index is -0.391. The van der Waals surface area contributed by atoms with Gasteiger partial charge in [0.05, 0.1) is 25.5 Å². The second-order valence-electron chi connectivity index (χ2n) is 10.8. The molecule has 1 unspecified atom stereocenters. The number of carbonyl (C=O) groups excluding carboxylic acids is 2. The normalized spacial score (nSPS) is 17.8. The molecule has 2 aliphatic rings. The Morgan fingerprint density at radius 2 is 1.67 bits per heavy atom. The molecule has 7 heteroatoms. The average Bonchev–Trinajstić information content (AvgIpc) is 2.97. The van der Waals surface area contributed by atoms with Crippen molar-refractivity contribution in [3.05, 3.63) is 70.3 Å². The molecule has 4 rings (SSSR count). The zero-order chi connectivity index (χ0) is 27.5. The molecule has 0 amide bonds. The zero-order valence-electron chi connectivity index (χ0n) is 23.4. The minimum absolute atomic E-state index is 0.00779. The van der Waals surface area contributed by atoms with Crippen molar-refractivity contribution in [3.8, 4) is 0 Å². The van der Waals surface area contributed by atoms with Crippen LogP contribution >= 0.6 is 0 Å². The van der Waals surface area contributed by atoms with Crippen molar-refractivity contribution < 1.29 is 14.3 Å². The van der Waals surface area contributed by atoms with Gasteiger partial charge in [-0.15, -0.1) is 0 Å². The fraction of sp³-hybridized carbons (Fsp3) is 0.531. The van der Waals surface area contributed by atoms with E-state index in [2.05, 4.69) is 17.0 Å². The van der Waals surface area contributed by atoms with Gasteiger partial charge in [-0.05, 0) is 54.9 Å². The van der Waals surface area contributed by atoms with E-state index in [1.165, 1.54) is 44.9 Å². The van der Waals surface area contributed by atoms with Gasteiger partial charge in [-0.25, -0.2) is 0 Å². The summed E-state index contributed by atoms with van der Waals surface area (Å²) >= 11 is 0. The quantitative estimate of drug-likeness (QED) is 0.160. The minimum Gasteiger partial charge on any atom is -0.465 e. The number of ether oxygens (including phenoxy) is 1. The van der Waals surface area contributed by atoms with Gasteiger partial charge in [0.1, 0.15) is 0 Å². The Balaban J connectivity index is 1.28. The standard InChI is InChI=1S/C32H44N4O3/c1-2-3-4-5-6-10-21-39-30(37)24-35-20-17-27-22-28(15-16-29(27)32(35)33)31(38)26-13-11-25(12-14-26)23-34-36-18-8-7-9-19-36/h11-16,22-23,32H,2-10,17-21,24,33H2,1H3. The molecule has 1 saturated heterocycles. The second kappa shape index (κ2) is 14.9. The molecule has 210 valence electrons. The predicted octanol–water partition coefficient (Wildman–Crippen LogP) is 5.46. The maximum Gasteiger partial charge on any atom is 0.320 e. The van der Waals surface area contributed by atoms with Crippen LogP contribution in [0.3, 0.4) is 0 Å². The summed E-state index contributed by atoms with van der Waals surface area (Å²) in [4.78, 5) is 27.5. The molecule has 0 saturated carbocycles. The number of nitrogens with two attached hydrogens (primary N) is 1.